The summed E-state index contributed by atoms with van der Waals surface area (Å²) in [6.45, 7) is 9.98. The van der Waals surface area contributed by atoms with Crippen LogP contribution in [-0.2, 0) is 17.6 Å². The molecule has 0 spiro atoms. The molecule has 0 amide bonds. The second-order valence-electron chi connectivity index (χ2n) is 8.60. The van der Waals surface area contributed by atoms with Crippen molar-refractivity contribution in [3.63, 3.8) is 0 Å². The number of hydrogen-bond donors (Lipinski definition) is 3. The van der Waals surface area contributed by atoms with Gasteiger partial charge in [0.15, 0.2) is 0 Å². The zero-order valence-electron chi connectivity index (χ0n) is 22.7. The standard InChI is InChI=1S/C28H29NO4.2C2H6/c1-18-23(15-14-21(30)16-22(31)17-26(32)33)27(20-9-3-2-4-10-20)25-13-7-11-19-8-5-6-12-24(19)28(25)29-18;2*1-2/h2-6,8-10,12,14-15,21-22,30-31H,7,11,13,16-17H2,1H3,(H,32,33);2*1-2H3/b15-14+;;/t21-,22-;;/m1../s1. The highest BCUT2D eigenvalue weighted by molar-refractivity contribution is 5.85. The van der Waals surface area contributed by atoms with Gasteiger partial charge in [-0.15, -0.1) is 0 Å². The van der Waals surface area contributed by atoms with Crippen molar-refractivity contribution in [3.05, 3.63) is 83.1 Å². The molecule has 5 nitrogen and oxygen atoms in total. The van der Waals surface area contributed by atoms with Gasteiger partial charge in [-0.1, -0.05) is 94.4 Å². The van der Waals surface area contributed by atoms with E-state index in [9.17, 15) is 15.0 Å². The molecule has 0 radical (unpaired) electrons. The zero-order valence-corrected chi connectivity index (χ0v) is 22.7. The van der Waals surface area contributed by atoms with E-state index in [4.69, 9.17) is 10.1 Å². The third kappa shape index (κ3) is 7.85. The number of carbonyl (C=O) groups is 1. The molecular weight excluding hydrogens is 462 g/mol. The molecule has 1 aromatic heterocycles. The fourth-order valence-electron chi connectivity index (χ4n) is 4.64. The second-order valence-corrected chi connectivity index (χ2v) is 8.60. The lowest BCUT2D eigenvalue weighted by Crippen LogP contribution is -2.19. The Kier molecular flexibility index (Phi) is 12.2. The van der Waals surface area contributed by atoms with Gasteiger partial charge in [0.2, 0.25) is 0 Å². The highest BCUT2D eigenvalue weighted by Crippen LogP contribution is 2.40. The molecule has 37 heavy (non-hydrogen) atoms. The molecule has 198 valence electrons. The maximum absolute atomic E-state index is 10.8. The first kappa shape index (κ1) is 29.9. The van der Waals surface area contributed by atoms with Crippen molar-refractivity contribution in [1.29, 1.82) is 0 Å². The molecule has 3 N–H and O–H groups in total. The number of aryl methyl sites for hydroxylation is 2. The van der Waals surface area contributed by atoms with Crippen LogP contribution in [0.25, 0.3) is 28.5 Å². The van der Waals surface area contributed by atoms with Gasteiger partial charge in [-0.2, -0.15) is 0 Å². The summed E-state index contributed by atoms with van der Waals surface area (Å²) in [6, 6.07) is 18.7. The number of carboxylic acid groups (broad SMARTS) is 1. The summed E-state index contributed by atoms with van der Waals surface area (Å²) in [6.07, 6.45) is 3.95. The molecule has 0 bridgehead atoms. The number of rotatable bonds is 7. The minimum Gasteiger partial charge on any atom is -0.481 e. The summed E-state index contributed by atoms with van der Waals surface area (Å²) in [5.41, 5.74) is 8.73. The van der Waals surface area contributed by atoms with E-state index in [1.54, 1.807) is 6.08 Å². The number of benzene rings is 2. The molecule has 2 atom stereocenters. The number of aliphatic hydroxyl groups is 2. The molecule has 3 aromatic rings. The van der Waals surface area contributed by atoms with Crippen LogP contribution in [0.2, 0.25) is 0 Å². The lowest BCUT2D eigenvalue weighted by atomic mass is 9.89. The van der Waals surface area contributed by atoms with Gasteiger partial charge in [-0.05, 0) is 48.4 Å². The number of nitrogens with zero attached hydrogens (tertiary/aromatic N) is 1. The Morgan fingerprint density at radius 1 is 0.973 bits per heavy atom. The molecule has 0 fully saturated rings. The molecule has 2 aromatic carbocycles. The molecule has 0 aliphatic heterocycles. The van der Waals surface area contributed by atoms with E-state index in [0.717, 1.165) is 47.3 Å². The molecule has 0 saturated heterocycles. The van der Waals surface area contributed by atoms with Crippen LogP contribution in [-0.4, -0.2) is 38.5 Å². The summed E-state index contributed by atoms with van der Waals surface area (Å²) < 4.78 is 0. The average Bonchev–Trinajstić information content (AvgIpc) is 3.08. The van der Waals surface area contributed by atoms with E-state index in [2.05, 4.69) is 36.4 Å². The number of pyridine rings is 1. The quantitative estimate of drug-likeness (QED) is 0.327. The lowest BCUT2D eigenvalue weighted by molar-refractivity contribution is -0.139. The van der Waals surface area contributed by atoms with E-state index in [1.807, 2.05) is 58.9 Å². The van der Waals surface area contributed by atoms with Crippen LogP contribution in [0.4, 0.5) is 0 Å². The van der Waals surface area contributed by atoms with Gasteiger partial charge in [0, 0.05) is 23.2 Å². The average molecular weight is 504 g/mol. The predicted octanol–water partition coefficient (Wildman–Crippen LogP) is 6.86. The normalized spacial score (nSPS) is 13.6. The predicted molar refractivity (Wildman–Crippen MR) is 152 cm³/mol. The summed E-state index contributed by atoms with van der Waals surface area (Å²) in [5.74, 6) is -1.09. The minimum absolute atomic E-state index is 0.0335. The monoisotopic (exact) mass is 503 g/mol. The summed E-state index contributed by atoms with van der Waals surface area (Å²) in [5, 5.41) is 29.1. The summed E-state index contributed by atoms with van der Waals surface area (Å²) >= 11 is 0. The van der Waals surface area contributed by atoms with Gasteiger partial charge in [0.05, 0.1) is 24.3 Å². The van der Waals surface area contributed by atoms with Crippen molar-refractivity contribution in [1.82, 2.24) is 4.98 Å². The Labute approximate surface area is 221 Å². The van der Waals surface area contributed by atoms with Crippen molar-refractivity contribution in [2.75, 3.05) is 0 Å². The van der Waals surface area contributed by atoms with Crippen LogP contribution < -0.4 is 0 Å². The van der Waals surface area contributed by atoms with E-state index in [0.29, 0.717) is 0 Å². The smallest absolute Gasteiger partial charge is 0.305 e. The van der Waals surface area contributed by atoms with Crippen LogP contribution in [0.3, 0.4) is 0 Å². The van der Waals surface area contributed by atoms with Crippen LogP contribution >= 0.6 is 0 Å². The molecule has 5 heteroatoms. The number of aliphatic carboxylic acids is 1. The highest BCUT2D eigenvalue weighted by Gasteiger charge is 2.23. The lowest BCUT2D eigenvalue weighted by Gasteiger charge is -2.19. The van der Waals surface area contributed by atoms with Gasteiger partial charge < -0.3 is 15.3 Å². The van der Waals surface area contributed by atoms with Crippen molar-refractivity contribution in [3.8, 4) is 22.4 Å². The number of hydrogen-bond acceptors (Lipinski definition) is 4. The van der Waals surface area contributed by atoms with Gasteiger partial charge in [0.25, 0.3) is 0 Å². The molecule has 1 aliphatic rings. The minimum atomic E-state index is -1.10. The van der Waals surface area contributed by atoms with Gasteiger partial charge in [-0.25, -0.2) is 0 Å². The maximum Gasteiger partial charge on any atom is 0.305 e. The molecular formula is C32H41NO4. The third-order valence-electron chi connectivity index (χ3n) is 6.14. The number of carboxylic acids is 1. The maximum atomic E-state index is 10.8. The first-order valence-electron chi connectivity index (χ1n) is 13.4. The van der Waals surface area contributed by atoms with Crippen molar-refractivity contribution < 1.29 is 20.1 Å². The van der Waals surface area contributed by atoms with E-state index >= 15 is 0 Å². The topological polar surface area (TPSA) is 90.7 Å². The van der Waals surface area contributed by atoms with Crippen LogP contribution in [0.5, 0.6) is 0 Å². The van der Waals surface area contributed by atoms with Crippen LogP contribution in [0.15, 0.2) is 60.7 Å². The van der Waals surface area contributed by atoms with Crippen molar-refractivity contribution in [2.45, 2.75) is 78.9 Å². The summed E-state index contributed by atoms with van der Waals surface area (Å²) in [4.78, 5) is 15.8. The zero-order chi connectivity index (χ0) is 27.4. The molecule has 1 aliphatic carbocycles. The van der Waals surface area contributed by atoms with Crippen molar-refractivity contribution in [2.24, 2.45) is 0 Å². The van der Waals surface area contributed by atoms with Crippen molar-refractivity contribution >= 4 is 12.0 Å². The third-order valence-corrected chi connectivity index (χ3v) is 6.14. The SMILES string of the molecule is CC.CC.Cc1nc2c(c(-c3ccccc3)c1/C=C/[C@@H](O)C[C@@H](O)CC(=O)O)CCCc1ccccc1-2. The molecule has 0 saturated carbocycles. The number of aliphatic hydroxyl groups excluding tert-OH is 2. The Hall–Kier alpha value is -3.28. The largest absolute Gasteiger partial charge is 0.481 e. The van der Waals surface area contributed by atoms with Crippen LogP contribution in [0, 0.1) is 6.92 Å². The Balaban J connectivity index is 0.00000115. The fraction of sp³-hybridized carbons (Fsp3) is 0.375. The fourth-order valence-corrected chi connectivity index (χ4v) is 4.64. The molecule has 1 heterocycles. The highest BCUT2D eigenvalue weighted by atomic mass is 16.4. The second kappa shape index (κ2) is 15.1. The molecule has 0 unspecified atom stereocenters. The Morgan fingerprint density at radius 2 is 1.62 bits per heavy atom. The number of aromatic nitrogens is 1. The van der Waals surface area contributed by atoms with Gasteiger partial charge >= 0.3 is 5.97 Å². The van der Waals surface area contributed by atoms with E-state index < -0.39 is 18.2 Å². The molecule has 4 rings (SSSR count). The van der Waals surface area contributed by atoms with E-state index in [-0.39, 0.29) is 12.8 Å². The first-order chi connectivity index (χ1) is 17.9. The summed E-state index contributed by atoms with van der Waals surface area (Å²) in [7, 11) is 0. The Morgan fingerprint density at radius 3 is 2.30 bits per heavy atom. The first-order valence-corrected chi connectivity index (χ1v) is 13.4. The van der Waals surface area contributed by atoms with E-state index in [1.165, 1.54) is 16.7 Å². The van der Waals surface area contributed by atoms with Gasteiger partial charge in [0.1, 0.15) is 0 Å². The van der Waals surface area contributed by atoms with Crippen LogP contribution in [0.1, 0.15) is 69.3 Å². The Bertz CT molecular complexity index is 1170. The number of fused-ring (bicyclic) bond motifs is 3. The van der Waals surface area contributed by atoms with Gasteiger partial charge in [-0.3, -0.25) is 9.78 Å².